The van der Waals surface area contributed by atoms with Gasteiger partial charge in [-0.1, -0.05) is 42.5 Å². The molecular weight excluding hydrogens is 346 g/mol. The van der Waals surface area contributed by atoms with Crippen molar-refractivity contribution >= 4 is 20.8 Å². The molecule has 0 bridgehead atoms. The minimum atomic E-state index is -3.62. The van der Waals surface area contributed by atoms with Gasteiger partial charge in [0.25, 0.3) is 0 Å². The summed E-state index contributed by atoms with van der Waals surface area (Å²) in [6.07, 6.45) is 1.78. The van der Waals surface area contributed by atoms with Gasteiger partial charge < -0.3 is 0 Å². The van der Waals surface area contributed by atoms with E-state index in [1.165, 1.54) is 4.31 Å². The largest absolute Gasteiger partial charge is 0.265 e. The molecule has 0 spiro atoms. The van der Waals surface area contributed by atoms with Gasteiger partial charge in [-0.3, -0.25) is 4.68 Å². The van der Waals surface area contributed by atoms with Crippen LogP contribution < -0.4 is 0 Å². The van der Waals surface area contributed by atoms with Crippen LogP contribution in [0.2, 0.25) is 0 Å². The molecule has 0 fully saturated rings. The Kier molecular flexibility index (Phi) is 4.98. The molecule has 0 radical (unpaired) electrons. The summed E-state index contributed by atoms with van der Waals surface area (Å²) in [6.45, 7) is 8.48. The monoisotopic (exact) mass is 369 g/mol. The van der Waals surface area contributed by atoms with Crippen molar-refractivity contribution in [2.45, 2.75) is 31.8 Å². The predicted octanol–water partition coefficient (Wildman–Crippen LogP) is 3.66. The van der Waals surface area contributed by atoms with E-state index < -0.39 is 10.0 Å². The van der Waals surface area contributed by atoms with Crippen LogP contribution >= 0.6 is 0 Å². The van der Waals surface area contributed by atoms with E-state index in [0.29, 0.717) is 11.4 Å². The van der Waals surface area contributed by atoms with Crippen LogP contribution in [0.1, 0.15) is 17.0 Å². The van der Waals surface area contributed by atoms with Crippen molar-refractivity contribution in [2.75, 3.05) is 7.05 Å². The van der Waals surface area contributed by atoms with Gasteiger partial charge in [0.2, 0.25) is 10.0 Å². The summed E-state index contributed by atoms with van der Waals surface area (Å²) in [4.78, 5) is 0.326. The van der Waals surface area contributed by atoms with E-state index in [0.717, 1.165) is 27.7 Å². The lowest BCUT2D eigenvalue weighted by Gasteiger charge is -2.19. The Balaban J connectivity index is 1.99. The number of allylic oxidation sites excluding steroid dienone is 1. The van der Waals surface area contributed by atoms with Crippen LogP contribution in [0.4, 0.5) is 0 Å². The smallest absolute Gasteiger partial charge is 0.243 e. The summed E-state index contributed by atoms with van der Waals surface area (Å²) >= 11 is 0. The van der Waals surface area contributed by atoms with Gasteiger partial charge >= 0.3 is 0 Å². The Morgan fingerprint density at radius 3 is 2.58 bits per heavy atom. The fraction of sp³-hybridized carbons (Fsp3) is 0.250. The van der Waals surface area contributed by atoms with Crippen LogP contribution in [0.25, 0.3) is 10.8 Å². The molecule has 3 aromatic rings. The van der Waals surface area contributed by atoms with Gasteiger partial charge in [-0.25, -0.2) is 8.42 Å². The van der Waals surface area contributed by atoms with Crippen LogP contribution in [0.15, 0.2) is 60.0 Å². The van der Waals surface area contributed by atoms with Crippen molar-refractivity contribution in [3.63, 3.8) is 0 Å². The summed E-state index contributed by atoms with van der Waals surface area (Å²) in [5.74, 6) is 0. The van der Waals surface area contributed by atoms with Crippen molar-refractivity contribution in [1.29, 1.82) is 0 Å². The third kappa shape index (κ3) is 3.18. The Morgan fingerprint density at radius 1 is 1.15 bits per heavy atom. The summed E-state index contributed by atoms with van der Waals surface area (Å²) in [7, 11) is -2.01. The Labute approximate surface area is 154 Å². The Morgan fingerprint density at radius 2 is 1.85 bits per heavy atom. The molecule has 0 aliphatic heterocycles. The molecule has 136 valence electrons. The first-order chi connectivity index (χ1) is 12.4. The molecule has 0 aliphatic rings. The number of aromatic nitrogens is 2. The first-order valence-electron chi connectivity index (χ1n) is 8.44. The van der Waals surface area contributed by atoms with E-state index in [2.05, 4.69) is 11.7 Å². The first-order valence-corrected chi connectivity index (χ1v) is 9.88. The van der Waals surface area contributed by atoms with Gasteiger partial charge in [-0.2, -0.15) is 9.40 Å². The molecule has 6 heteroatoms. The molecule has 0 unspecified atom stereocenters. The second-order valence-corrected chi connectivity index (χ2v) is 8.37. The van der Waals surface area contributed by atoms with Crippen LogP contribution in [-0.2, 0) is 23.1 Å². The van der Waals surface area contributed by atoms with Gasteiger partial charge in [-0.05, 0) is 25.3 Å². The van der Waals surface area contributed by atoms with E-state index in [1.807, 2.05) is 48.9 Å². The Bertz CT molecular complexity index is 1060. The summed E-state index contributed by atoms with van der Waals surface area (Å²) in [5.41, 5.74) is 2.73. The summed E-state index contributed by atoms with van der Waals surface area (Å²) in [5, 5.41) is 6.13. The van der Waals surface area contributed by atoms with Gasteiger partial charge in [0.15, 0.2) is 0 Å². The fourth-order valence-electron chi connectivity index (χ4n) is 3.16. The van der Waals surface area contributed by atoms with Crippen molar-refractivity contribution in [3.8, 4) is 0 Å². The standard InChI is InChI=1S/C20H23N3O2S/c1-5-13-23-16(3)19(15(2)21-23)14-22(4)26(24,25)20-12-8-10-17-9-6-7-11-18(17)20/h5-12H,1,13-14H2,2-4H3. The summed E-state index contributed by atoms with van der Waals surface area (Å²) < 4.78 is 29.6. The lowest BCUT2D eigenvalue weighted by Crippen LogP contribution is -2.27. The lowest BCUT2D eigenvalue weighted by atomic mass is 10.1. The first kappa shape index (κ1) is 18.4. The molecule has 0 saturated carbocycles. The fourth-order valence-corrected chi connectivity index (χ4v) is 4.51. The van der Waals surface area contributed by atoms with E-state index >= 15 is 0 Å². The molecule has 0 saturated heterocycles. The van der Waals surface area contributed by atoms with E-state index in [-0.39, 0.29) is 6.54 Å². The summed E-state index contributed by atoms with van der Waals surface area (Å²) in [6, 6.07) is 12.9. The van der Waals surface area contributed by atoms with E-state index in [4.69, 9.17) is 0 Å². The zero-order valence-corrected chi connectivity index (χ0v) is 16.1. The molecule has 1 heterocycles. The lowest BCUT2D eigenvalue weighted by molar-refractivity contribution is 0.465. The van der Waals surface area contributed by atoms with Gasteiger partial charge in [0.05, 0.1) is 17.1 Å². The normalized spacial score (nSPS) is 12.0. The highest BCUT2D eigenvalue weighted by atomic mass is 32.2. The molecule has 0 N–H and O–H groups in total. The van der Waals surface area contributed by atoms with Crippen molar-refractivity contribution in [2.24, 2.45) is 0 Å². The van der Waals surface area contributed by atoms with Gasteiger partial charge in [0.1, 0.15) is 0 Å². The third-order valence-electron chi connectivity index (χ3n) is 4.65. The number of hydrogen-bond acceptors (Lipinski definition) is 3. The van der Waals surface area contributed by atoms with Gasteiger partial charge in [-0.15, -0.1) is 6.58 Å². The molecule has 0 aliphatic carbocycles. The molecule has 0 amide bonds. The van der Waals surface area contributed by atoms with Crippen molar-refractivity contribution < 1.29 is 8.42 Å². The van der Waals surface area contributed by atoms with Crippen LogP contribution in [0.3, 0.4) is 0 Å². The molecule has 26 heavy (non-hydrogen) atoms. The SMILES string of the molecule is C=CCn1nc(C)c(CN(C)S(=O)(=O)c2cccc3ccccc23)c1C. The maximum atomic E-state index is 13.2. The number of sulfonamides is 1. The highest BCUT2D eigenvalue weighted by Crippen LogP contribution is 2.26. The molecule has 0 atom stereocenters. The quantitative estimate of drug-likeness (QED) is 0.623. The molecule has 5 nitrogen and oxygen atoms in total. The second kappa shape index (κ2) is 7.05. The van der Waals surface area contributed by atoms with Crippen molar-refractivity contribution in [1.82, 2.24) is 14.1 Å². The van der Waals surface area contributed by atoms with Crippen LogP contribution in [0.5, 0.6) is 0 Å². The zero-order valence-electron chi connectivity index (χ0n) is 15.3. The average Bonchev–Trinajstić information content (AvgIpc) is 2.89. The number of nitrogens with zero attached hydrogens (tertiary/aromatic N) is 3. The number of aryl methyl sites for hydroxylation is 1. The zero-order chi connectivity index (χ0) is 18.9. The van der Waals surface area contributed by atoms with E-state index in [1.54, 1.807) is 25.3 Å². The van der Waals surface area contributed by atoms with E-state index in [9.17, 15) is 8.42 Å². The minimum absolute atomic E-state index is 0.278. The molecule has 1 aromatic heterocycles. The number of fused-ring (bicyclic) bond motifs is 1. The maximum Gasteiger partial charge on any atom is 0.243 e. The number of benzene rings is 2. The van der Waals surface area contributed by atoms with Crippen LogP contribution in [-0.4, -0.2) is 29.6 Å². The van der Waals surface area contributed by atoms with Crippen LogP contribution in [0, 0.1) is 13.8 Å². The van der Waals surface area contributed by atoms with Crippen molar-refractivity contribution in [3.05, 3.63) is 72.1 Å². The maximum absolute atomic E-state index is 13.2. The minimum Gasteiger partial charge on any atom is -0.265 e. The number of rotatable bonds is 6. The second-order valence-electron chi connectivity index (χ2n) is 6.36. The predicted molar refractivity (Wildman–Crippen MR) is 104 cm³/mol. The van der Waals surface area contributed by atoms with Gasteiger partial charge in [0, 0.05) is 30.2 Å². The highest BCUT2D eigenvalue weighted by molar-refractivity contribution is 7.89. The average molecular weight is 369 g/mol. The topological polar surface area (TPSA) is 55.2 Å². The Hall–Kier alpha value is -2.44. The highest BCUT2D eigenvalue weighted by Gasteiger charge is 2.25. The molecule has 2 aromatic carbocycles. The third-order valence-corrected chi connectivity index (χ3v) is 6.51. The molecular formula is C20H23N3O2S. The number of hydrogen-bond donors (Lipinski definition) is 0. The molecule has 3 rings (SSSR count).